The molecule has 1 aliphatic carbocycles. The van der Waals surface area contributed by atoms with Gasteiger partial charge in [-0.15, -0.1) is 0 Å². The predicted molar refractivity (Wildman–Crippen MR) is 206 cm³/mol. The first-order valence-electron chi connectivity index (χ1n) is 18.2. The number of sulfone groups is 1. The van der Waals surface area contributed by atoms with Crippen molar-refractivity contribution in [3.8, 4) is 23.7 Å². The van der Waals surface area contributed by atoms with Crippen LogP contribution in [0.2, 0.25) is 5.04 Å². The Balaban J connectivity index is 1.09. The van der Waals surface area contributed by atoms with E-state index in [-0.39, 0.29) is 36.0 Å². The lowest BCUT2D eigenvalue weighted by atomic mass is 10.1. The molecular weight excluding hydrogens is 707 g/mol. The van der Waals surface area contributed by atoms with E-state index in [1.807, 2.05) is 18.2 Å². The molecule has 12 heteroatoms. The lowest BCUT2D eigenvalue weighted by molar-refractivity contribution is -0.201. The highest BCUT2D eigenvalue weighted by Gasteiger charge is 2.53. The quantitative estimate of drug-likeness (QED) is 0.161. The van der Waals surface area contributed by atoms with Gasteiger partial charge in [0, 0.05) is 43.3 Å². The van der Waals surface area contributed by atoms with E-state index in [1.165, 1.54) is 26.8 Å². The molecule has 6 rings (SSSR count). The third-order valence-electron chi connectivity index (χ3n) is 10.7. The first kappa shape index (κ1) is 38.5. The molecule has 0 radical (unpaired) electrons. The highest BCUT2D eigenvalue weighted by atomic mass is 32.2. The largest absolute Gasteiger partial charge is 0.406 e. The van der Waals surface area contributed by atoms with Gasteiger partial charge in [0.2, 0.25) is 0 Å². The number of nitrogens with zero attached hydrogens (tertiary/aromatic N) is 2. The Morgan fingerprint density at radius 3 is 2.23 bits per heavy atom. The summed E-state index contributed by atoms with van der Waals surface area (Å²) >= 11 is 0. The molecule has 53 heavy (non-hydrogen) atoms. The molecule has 1 saturated carbocycles. The van der Waals surface area contributed by atoms with Crippen LogP contribution in [0.5, 0.6) is 0 Å². The van der Waals surface area contributed by atoms with Gasteiger partial charge in [0.05, 0.1) is 18.6 Å². The number of ether oxygens (including phenoxy) is 1. The first-order chi connectivity index (χ1) is 25.2. The molecule has 3 aromatic rings. The Kier molecular flexibility index (Phi) is 11.1. The molecule has 280 valence electrons. The van der Waals surface area contributed by atoms with Crippen LogP contribution >= 0.6 is 0 Å². The van der Waals surface area contributed by atoms with Gasteiger partial charge in [-0.25, -0.2) is 23.5 Å². The fraction of sp³-hybridized carbons (Fsp3) is 0.463. The molecule has 3 aliphatic rings. The normalized spacial score (nSPS) is 19.2. The summed E-state index contributed by atoms with van der Waals surface area (Å²) in [6, 6.07) is 22.7. The van der Waals surface area contributed by atoms with Crippen molar-refractivity contribution >= 4 is 40.5 Å². The molecule has 10 nitrogen and oxygen atoms in total. The van der Waals surface area contributed by atoms with E-state index in [9.17, 15) is 18.0 Å². The average molecular weight is 756 g/mol. The highest BCUT2D eigenvalue weighted by Crippen LogP contribution is 2.47. The SMILES string of the molecule is CC(C)(C)[Si](OCC1(C#CC#Cc2cc3n(c2)C(=O)N(CC[C@](C)(C(=O)NO[C@H]2CCCCO2)S(C)(=O)=O)C3)CC1)(c1ccccc1)c1ccccc1. The Morgan fingerprint density at radius 2 is 1.68 bits per heavy atom. The van der Waals surface area contributed by atoms with E-state index in [1.54, 1.807) is 6.20 Å². The van der Waals surface area contributed by atoms with Gasteiger partial charge in [0.25, 0.3) is 14.2 Å². The van der Waals surface area contributed by atoms with Crippen molar-refractivity contribution < 1.29 is 32.0 Å². The van der Waals surface area contributed by atoms with Crippen LogP contribution in [-0.4, -0.2) is 75.2 Å². The van der Waals surface area contributed by atoms with E-state index >= 15 is 0 Å². The molecule has 1 N–H and O–H groups in total. The van der Waals surface area contributed by atoms with Crippen molar-refractivity contribution in [2.24, 2.45) is 5.41 Å². The highest BCUT2D eigenvalue weighted by molar-refractivity contribution is 7.92. The summed E-state index contributed by atoms with van der Waals surface area (Å²) in [6.07, 6.45) is 6.28. The second-order valence-electron chi connectivity index (χ2n) is 15.6. The van der Waals surface area contributed by atoms with Crippen LogP contribution < -0.4 is 15.9 Å². The predicted octanol–water partition coefficient (Wildman–Crippen LogP) is 4.75. The summed E-state index contributed by atoms with van der Waals surface area (Å²) < 4.78 is 37.9. The minimum Gasteiger partial charge on any atom is -0.406 e. The van der Waals surface area contributed by atoms with Crippen molar-refractivity contribution in [1.82, 2.24) is 14.9 Å². The summed E-state index contributed by atoms with van der Waals surface area (Å²) in [5.74, 6) is 11.8. The third kappa shape index (κ3) is 8.18. The summed E-state index contributed by atoms with van der Waals surface area (Å²) in [6.45, 7) is 9.53. The number of hydrogen-bond acceptors (Lipinski definition) is 7. The van der Waals surface area contributed by atoms with Gasteiger partial charge in [0.1, 0.15) is 0 Å². The van der Waals surface area contributed by atoms with Crippen LogP contribution in [0.25, 0.3) is 0 Å². The van der Waals surface area contributed by atoms with Gasteiger partial charge in [0.15, 0.2) is 20.9 Å². The third-order valence-corrected chi connectivity index (χ3v) is 17.7. The number of nitrogens with one attached hydrogen (secondary N) is 1. The standard InChI is InChI=1S/C41H49N3O7SSi/c1-39(2,3)53(34-17-8-6-9-18-34,35-19-10-7-11-20-35)50-31-41(23-24-41)22-14-12-16-32-28-33-30-43(38(46)44(33)29-32)26-25-40(4,52(5,47)48)37(45)42-51-36-21-13-15-27-49-36/h6-11,17-20,28-29,36H,13,15,21,23-27,30-31H2,1-5H3,(H,42,45)/t36-,40+/m0/s1. The van der Waals surface area contributed by atoms with Gasteiger partial charge in [-0.3, -0.25) is 9.36 Å². The first-order valence-corrected chi connectivity index (χ1v) is 22.0. The van der Waals surface area contributed by atoms with Crippen molar-refractivity contribution in [2.45, 2.75) is 88.8 Å². The number of hydrogen-bond donors (Lipinski definition) is 1. The van der Waals surface area contributed by atoms with Crippen molar-refractivity contribution in [3.63, 3.8) is 0 Å². The molecule has 2 fully saturated rings. The molecule has 0 bridgehead atoms. The molecule has 0 spiro atoms. The van der Waals surface area contributed by atoms with Crippen LogP contribution in [0.15, 0.2) is 72.9 Å². The van der Waals surface area contributed by atoms with Crippen LogP contribution in [-0.2, 0) is 35.2 Å². The number of amides is 2. The average Bonchev–Trinajstić information content (AvgIpc) is 3.70. The second-order valence-corrected chi connectivity index (χ2v) is 22.4. The minimum absolute atomic E-state index is 0.0575. The number of fused-ring (bicyclic) bond motifs is 1. The number of aromatic nitrogens is 1. The maximum atomic E-state index is 13.3. The second kappa shape index (κ2) is 15.3. The number of carbonyl (C=O) groups excluding carboxylic acids is 2. The Labute approximate surface area is 314 Å². The lowest BCUT2D eigenvalue weighted by Crippen LogP contribution is -2.67. The molecule has 2 aromatic carbocycles. The molecule has 1 saturated heterocycles. The zero-order valence-electron chi connectivity index (χ0n) is 31.2. The molecular formula is C41H49N3O7SSi. The zero-order valence-corrected chi connectivity index (χ0v) is 33.1. The van der Waals surface area contributed by atoms with Crippen LogP contribution in [0.4, 0.5) is 4.79 Å². The summed E-state index contributed by atoms with van der Waals surface area (Å²) in [4.78, 5) is 33.2. The van der Waals surface area contributed by atoms with Crippen LogP contribution in [0.3, 0.4) is 0 Å². The van der Waals surface area contributed by atoms with Crippen molar-refractivity contribution in [2.75, 3.05) is 26.0 Å². The Bertz CT molecular complexity index is 2010. The topological polar surface area (TPSA) is 116 Å². The lowest BCUT2D eigenvalue weighted by Gasteiger charge is -2.43. The molecule has 0 unspecified atom stereocenters. The van der Waals surface area contributed by atoms with Gasteiger partial charge in [-0.1, -0.05) is 93.3 Å². The molecule has 2 aliphatic heterocycles. The summed E-state index contributed by atoms with van der Waals surface area (Å²) in [7, 11) is -6.54. The van der Waals surface area contributed by atoms with Gasteiger partial charge < -0.3 is 14.1 Å². The fourth-order valence-electron chi connectivity index (χ4n) is 7.05. The van der Waals surface area contributed by atoms with Crippen LogP contribution in [0, 0.1) is 29.1 Å². The maximum absolute atomic E-state index is 13.3. The minimum atomic E-state index is -3.86. The smallest absolute Gasteiger partial charge is 0.328 e. The summed E-state index contributed by atoms with van der Waals surface area (Å²) in [5.41, 5.74) is 3.44. The Hall–Kier alpha value is -4.17. The van der Waals surface area contributed by atoms with E-state index in [0.29, 0.717) is 25.2 Å². The molecule has 1 aromatic heterocycles. The van der Waals surface area contributed by atoms with Crippen molar-refractivity contribution in [1.29, 1.82) is 0 Å². The number of carbonyl (C=O) groups is 2. The van der Waals surface area contributed by atoms with Crippen molar-refractivity contribution in [3.05, 3.63) is 84.2 Å². The monoisotopic (exact) mass is 755 g/mol. The van der Waals surface area contributed by atoms with E-state index in [0.717, 1.165) is 37.6 Å². The molecule has 3 heterocycles. The fourth-order valence-corrected chi connectivity index (χ4v) is 12.5. The molecule has 2 amide bonds. The number of rotatable bonds is 12. The number of hydroxylamine groups is 1. The Morgan fingerprint density at radius 1 is 1.02 bits per heavy atom. The van der Waals surface area contributed by atoms with Gasteiger partial charge in [-0.05, 0) is 72.3 Å². The number of benzene rings is 2. The van der Waals surface area contributed by atoms with E-state index < -0.39 is 35.1 Å². The van der Waals surface area contributed by atoms with E-state index in [4.69, 9.17) is 14.0 Å². The van der Waals surface area contributed by atoms with E-state index in [2.05, 4.69) is 98.5 Å². The maximum Gasteiger partial charge on any atom is 0.328 e. The van der Waals surface area contributed by atoms with Gasteiger partial charge in [-0.2, -0.15) is 0 Å². The van der Waals surface area contributed by atoms with Crippen LogP contribution in [0.1, 0.15) is 77.5 Å². The molecule has 2 atom stereocenters. The zero-order chi connectivity index (χ0) is 37.9. The van der Waals surface area contributed by atoms with Gasteiger partial charge >= 0.3 is 6.03 Å². The summed E-state index contributed by atoms with van der Waals surface area (Å²) in [5, 5.41) is 2.35.